The van der Waals surface area contributed by atoms with Crippen LogP contribution in [-0.4, -0.2) is 17.6 Å². The lowest BCUT2D eigenvalue weighted by Crippen LogP contribution is -1.95. The Morgan fingerprint density at radius 1 is 1.50 bits per heavy atom. The van der Waals surface area contributed by atoms with Gasteiger partial charge in [0.15, 0.2) is 0 Å². The Hall–Kier alpha value is -0.480. The summed E-state index contributed by atoms with van der Waals surface area (Å²) in [7, 11) is -0.239. The van der Waals surface area contributed by atoms with E-state index >= 15 is 0 Å². The molecule has 0 spiro atoms. The van der Waals surface area contributed by atoms with Gasteiger partial charge in [0.2, 0.25) is 0 Å². The van der Waals surface area contributed by atoms with Gasteiger partial charge in [0, 0.05) is 5.66 Å². The summed E-state index contributed by atoms with van der Waals surface area (Å²) in [5.74, 6) is 2.54. The Bertz CT molecular complexity index is 358. The third-order valence-corrected chi connectivity index (χ3v) is 6.48. The van der Waals surface area contributed by atoms with Crippen molar-refractivity contribution in [3.8, 4) is 0 Å². The Labute approximate surface area is 101 Å². The molecule has 0 N–H and O–H groups in total. The lowest BCUT2D eigenvalue weighted by Gasteiger charge is -2.11. The minimum Gasteiger partial charge on any atom is -0.107 e. The van der Waals surface area contributed by atoms with E-state index in [9.17, 15) is 0 Å². The third kappa shape index (κ3) is 2.61. The molecule has 2 aliphatic rings. The molecule has 1 heteroatoms. The molecule has 2 rings (SSSR count). The van der Waals surface area contributed by atoms with Gasteiger partial charge in [-0.3, -0.25) is 0 Å². The van der Waals surface area contributed by atoms with Crippen molar-refractivity contribution < 1.29 is 0 Å². The number of fused-ring (bicyclic) bond motifs is 1. The van der Waals surface area contributed by atoms with Gasteiger partial charge in [0.05, 0.1) is 0 Å². The second-order valence-electron chi connectivity index (χ2n) is 4.91. The van der Waals surface area contributed by atoms with Gasteiger partial charge in [-0.25, -0.2) is 0 Å². The van der Waals surface area contributed by atoms with Gasteiger partial charge in [-0.15, -0.1) is 14.1 Å². The number of unbranched alkanes of at least 4 members (excludes halogenated alkanes) is 2. The summed E-state index contributed by atoms with van der Waals surface area (Å²) in [6.45, 7) is 6.13. The molecule has 2 atom stereocenters. The summed E-state index contributed by atoms with van der Waals surface area (Å²) >= 11 is 0. The fourth-order valence-electron chi connectivity index (χ4n) is 2.74. The molecule has 0 fully saturated rings. The maximum atomic E-state index is 3.84. The largest absolute Gasteiger partial charge is 0.107 e. The summed E-state index contributed by atoms with van der Waals surface area (Å²) in [5, 5.41) is 0. The zero-order valence-corrected chi connectivity index (χ0v) is 11.3. The molecule has 0 bridgehead atoms. The van der Waals surface area contributed by atoms with Crippen molar-refractivity contribution in [2.45, 2.75) is 44.7 Å². The lowest BCUT2D eigenvalue weighted by atomic mass is 10.1. The summed E-state index contributed by atoms with van der Waals surface area (Å²) < 4.78 is 0. The summed E-state index contributed by atoms with van der Waals surface area (Å²) in [6, 6.07) is 0. The van der Waals surface area contributed by atoms with Crippen molar-refractivity contribution in [3.63, 3.8) is 0 Å². The van der Waals surface area contributed by atoms with E-state index in [4.69, 9.17) is 0 Å². The molecule has 0 aromatic rings. The predicted molar refractivity (Wildman–Crippen MR) is 78.2 cm³/mol. The molecule has 0 aromatic carbocycles. The molecule has 1 aliphatic heterocycles. The highest BCUT2D eigenvalue weighted by Gasteiger charge is 2.25. The van der Waals surface area contributed by atoms with Crippen molar-refractivity contribution in [2.75, 3.05) is 6.16 Å². The van der Waals surface area contributed by atoms with Gasteiger partial charge in [-0.05, 0) is 25.4 Å². The molecule has 0 radical (unpaired) electrons. The smallest absolute Gasteiger partial charge is 0.0161 e. The SMILES string of the molecule is C=CCC1=CC2C(=CC=[PH]2CCCCC)C1. The van der Waals surface area contributed by atoms with Crippen LogP contribution in [0.1, 0.15) is 39.0 Å². The Balaban J connectivity index is 1.92. The van der Waals surface area contributed by atoms with E-state index in [-0.39, 0.29) is 7.55 Å². The molecule has 16 heavy (non-hydrogen) atoms. The van der Waals surface area contributed by atoms with E-state index < -0.39 is 0 Å². The van der Waals surface area contributed by atoms with Crippen LogP contribution in [0.2, 0.25) is 0 Å². The minimum absolute atomic E-state index is 0.239. The first-order valence-corrected chi connectivity index (χ1v) is 8.41. The Morgan fingerprint density at radius 2 is 2.38 bits per heavy atom. The third-order valence-electron chi connectivity index (χ3n) is 3.62. The minimum atomic E-state index is -0.239. The highest BCUT2D eigenvalue weighted by atomic mass is 31.1. The summed E-state index contributed by atoms with van der Waals surface area (Å²) in [4.78, 5) is 0. The number of allylic oxidation sites excluding steroid dienone is 5. The van der Waals surface area contributed by atoms with Gasteiger partial charge in [-0.1, -0.05) is 54.9 Å². The topological polar surface area (TPSA) is 0 Å². The fraction of sp³-hybridized carbons (Fsp3) is 0.533. The molecule has 1 aliphatic carbocycles. The maximum Gasteiger partial charge on any atom is 0.0161 e. The van der Waals surface area contributed by atoms with E-state index in [1.807, 2.05) is 6.08 Å². The number of hydrogen-bond donors (Lipinski definition) is 0. The van der Waals surface area contributed by atoms with Crippen molar-refractivity contribution in [1.29, 1.82) is 0 Å². The molecule has 88 valence electrons. The lowest BCUT2D eigenvalue weighted by molar-refractivity contribution is 0.776. The zero-order valence-electron chi connectivity index (χ0n) is 10.3. The fourth-order valence-corrected chi connectivity index (χ4v) is 5.64. The molecule has 0 aromatic heterocycles. The first kappa shape index (κ1) is 12.0. The second kappa shape index (κ2) is 5.73. The van der Waals surface area contributed by atoms with Crippen LogP contribution >= 0.6 is 7.55 Å². The van der Waals surface area contributed by atoms with Gasteiger partial charge >= 0.3 is 0 Å². The molecule has 0 saturated carbocycles. The van der Waals surface area contributed by atoms with Crippen molar-refractivity contribution >= 4 is 13.3 Å². The van der Waals surface area contributed by atoms with Crippen LogP contribution in [0.5, 0.6) is 0 Å². The van der Waals surface area contributed by atoms with Crippen LogP contribution < -0.4 is 0 Å². The van der Waals surface area contributed by atoms with Gasteiger partial charge < -0.3 is 0 Å². The first-order valence-electron chi connectivity index (χ1n) is 6.55. The maximum absolute atomic E-state index is 3.84. The van der Waals surface area contributed by atoms with Crippen molar-refractivity contribution in [1.82, 2.24) is 0 Å². The standard InChI is InChI=1S/C15H23P/c1-3-5-6-9-16-10-8-14-11-13(7-4-2)12-15(14)16/h4,8,10,12,15-16H,2-3,5-7,9,11H2,1H3. The molecule has 0 amide bonds. The van der Waals surface area contributed by atoms with E-state index in [1.54, 1.807) is 11.1 Å². The van der Waals surface area contributed by atoms with E-state index in [1.165, 1.54) is 31.8 Å². The van der Waals surface area contributed by atoms with E-state index in [2.05, 4.69) is 31.5 Å². The van der Waals surface area contributed by atoms with Crippen LogP contribution in [0.15, 0.2) is 36.0 Å². The molecule has 0 saturated heterocycles. The predicted octanol–water partition coefficient (Wildman–Crippen LogP) is 4.41. The number of hydrogen-bond acceptors (Lipinski definition) is 0. The monoisotopic (exact) mass is 234 g/mol. The average Bonchev–Trinajstić information content (AvgIpc) is 2.80. The normalized spacial score (nSPS) is 27.1. The van der Waals surface area contributed by atoms with Gasteiger partial charge in [0.1, 0.15) is 0 Å². The zero-order chi connectivity index (χ0) is 11.4. The van der Waals surface area contributed by atoms with Gasteiger partial charge in [0.25, 0.3) is 0 Å². The first-order chi connectivity index (χ1) is 7.85. The summed E-state index contributed by atoms with van der Waals surface area (Å²) in [6.07, 6.45) is 15.0. The molecule has 2 unspecified atom stereocenters. The highest BCUT2D eigenvalue weighted by Crippen LogP contribution is 2.47. The van der Waals surface area contributed by atoms with Crippen LogP contribution in [0.25, 0.3) is 0 Å². The van der Waals surface area contributed by atoms with Crippen LogP contribution in [0.4, 0.5) is 0 Å². The van der Waals surface area contributed by atoms with Crippen LogP contribution in [0.3, 0.4) is 0 Å². The van der Waals surface area contributed by atoms with E-state index in [0.29, 0.717) is 0 Å². The Kier molecular flexibility index (Phi) is 4.29. The summed E-state index contributed by atoms with van der Waals surface area (Å²) in [5.41, 5.74) is 4.15. The van der Waals surface area contributed by atoms with Gasteiger partial charge in [-0.2, -0.15) is 0 Å². The second-order valence-corrected chi connectivity index (χ2v) is 7.52. The molecule has 1 heterocycles. The van der Waals surface area contributed by atoms with Crippen LogP contribution in [0, 0.1) is 0 Å². The highest BCUT2D eigenvalue weighted by molar-refractivity contribution is 7.59. The average molecular weight is 234 g/mol. The molecular formula is C15H23P. The Morgan fingerprint density at radius 3 is 3.12 bits per heavy atom. The number of rotatable bonds is 6. The molecule has 0 nitrogen and oxygen atoms in total. The quantitative estimate of drug-likeness (QED) is 0.363. The van der Waals surface area contributed by atoms with Crippen molar-refractivity contribution in [2.24, 2.45) is 0 Å². The van der Waals surface area contributed by atoms with Crippen LogP contribution in [-0.2, 0) is 0 Å². The van der Waals surface area contributed by atoms with Crippen molar-refractivity contribution in [3.05, 3.63) is 36.0 Å². The van der Waals surface area contributed by atoms with E-state index in [0.717, 1.165) is 12.1 Å². The molecular weight excluding hydrogens is 211 g/mol.